The summed E-state index contributed by atoms with van der Waals surface area (Å²) >= 11 is 3.06. The molecule has 3 nitrogen and oxygen atoms in total. The van der Waals surface area contributed by atoms with Crippen molar-refractivity contribution in [2.24, 2.45) is 0 Å². The maximum absolute atomic E-state index is 12.9. The van der Waals surface area contributed by atoms with Gasteiger partial charge in [-0.2, -0.15) is 13.2 Å². The monoisotopic (exact) mass is 354 g/mol. The van der Waals surface area contributed by atoms with E-state index < -0.39 is 11.7 Å². The van der Waals surface area contributed by atoms with Crippen LogP contribution in [0.1, 0.15) is 11.1 Å². The van der Waals surface area contributed by atoms with Gasteiger partial charge in [-0.3, -0.25) is 0 Å². The van der Waals surface area contributed by atoms with Crippen molar-refractivity contribution >= 4 is 15.9 Å². The summed E-state index contributed by atoms with van der Waals surface area (Å²) in [7, 11) is 1.62. The maximum Gasteiger partial charge on any atom is 0.416 e. The number of nitrogens with one attached hydrogen (secondary N) is 2. The van der Waals surface area contributed by atoms with Crippen LogP contribution in [0.3, 0.4) is 0 Å². The molecule has 7 heteroatoms. The number of hydrogen-bond acceptors (Lipinski definition) is 3. The van der Waals surface area contributed by atoms with Crippen LogP contribution in [-0.4, -0.2) is 33.4 Å². The number of alkyl halides is 3. The maximum atomic E-state index is 12.9. The Hall–Kier alpha value is -0.630. The number of rotatable bonds is 8. The highest BCUT2D eigenvalue weighted by molar-refractivity contribution is 9.10. The van der Waals surface area contributed by atoms with Gasteiger partial charge in [0.1, 0.15) is 0 Å². The smallest absolute Gasteiger partial charge is 0.383 e. The zero-order valence-electron chi connectivity index (χ0n) is 11.2. The van der Waals surface area contributed by atoms with Gasteiger partial charge in [-0.25, -0.2) is 0 Å². The van der Waals surface area contributed by atoms with Crippen LogP contribution in [0.25, 0.3) is 0 Å². The SMILES string of the molecule is COCCNCCNCc1ccc(Br)cc1C(F)(F)F. The number of ether oxygens (including phenoxy) is 1. The third-order valence-corrected chi connectivity index (χ3v) is 3.15. The largest absolute Gasteiger partial charge is 0.416 e. The lowest BCUT2D eigenvalue weighted by Crippen LogP contribution is -2.29. The molecule has 0 radical (unpaired) electrons. The fraction of sp³-hybridized carbons (Fsp3) is 0.538. The summed E-state index contributed by atoms with van der Waals surface area (Å²) < 4.78 is 43.9. The van der Waals surface area contributed by atoms with E-state index in [0.29, 0.717) is 24.2 Å². The van der Waals surface area contributed by atoms with E-state index >= 15 is 0 Å². The van der Waals surface area contributed by atoms with Crippen LogP contribution in [0, 0.1) is 0 Å². The number of halogens is 4. The molecule has 0 saturated heterocycles. The van der Waals surface area contributed by atoms with E-state index in [1.54, 1.807) is 13.2 Å². The van der Waals surface area contributed by atoms with E-state index in [0.717, 1.165) is 12.6 Å². The second kappa shape index (κ2) is 8.61. The molecule has 0 spiro atoms. The molecule has 0 aromatic heterocycles. The normalized spacial score (nSPS) is 11.8. The van der Waals surface area contributed by atoms with E-state index in [9.17, 15) is 13.2 Å². The van der Waals surface area contributed by atoms with Crippen LogP contribution in [0.5, 0.6) is 0 Å². The first-order valence-electron chi connectivity index (χ1n) is 6.21. The minimum absolute atomic E-state index is 0.189. The summed E-state index contributed by atoms with van der Waals surface area (Å²) in [4.78, 5) is 0. The zero-order chi connectivity index (χ0) is 15.0. The Balaban J connectivity index is 2.44. The molecule has 0 fully saturated rings. The average Bonchev–Trinajstić information content (AvgIpc) is 2.38. The van der Waals surface area contributed by atoms with Crippen molar-refractivity contribution in [2.45, 2.75) is 12.7 Å². The lowest BCUT2D eigenvalue weighted by Gasteiger charge is -2.14. The van der Waals surface area contributed by atoms with E-state index in [2.05, 4.69) is 26.6 Å². The molecule has 0 heterocycles. The van der Waals surface area contributed by atoms with Crippen LogP contribution in [-0.2, 0) is 17.5 Å². The van der Waals surface area contributed by atoms with Crippen molar-refractivity contribution in [1.82, 2.24) is 10.6 Å². The van der Waals surface area contributed by atoms with Crippen LogP contribution in [0.15, 0.2) is 22.7 Å². The molecule has 0 unspecified atom stereocenters. The lowest BCUT2D eigenvalue weighted by atomic mass is 10.1. The second-order valence-corrected chi connectivity index (χ2v) is 5.13. The molecule has 2 N–H and O–H groups in total. The summed E-state index contributed by atoms with van der Waals surface area (Å²) in [6, 6.07) is 4.20. The standard InChI is InChI=1S/C13H18BrF3N2O/c1-20-7-6-18-4-5-19-9-10-2-3-11(14)8-12(10)13(15,16)17/h2-3,8,18-19H,4-7,9H2,1H3. The van der Waals surface area contributed by atoms with Gasteiger partial charge in [-0.05, 0) is 17.7 Å². The summed E-state index contributed by atoms with van der Waals surface area (Å²) in [6.45, 7) is 2.81. The highest BCUT2D eigenvalue weighted by Gasteiger charge is 2.33. The summed E-state index contributed by atoms with van der Waals surface area (Å²) in [5, 5.41) is 6.10. The van der Waals surface area contributed by atoms with Gasteiger partial charge in [0, 0.05) is 37.8 Å². The summed E-state index contributed by atoms with van der Waals surface area (Å²) in [5.41, 5.74) is -0.357. The predicted molar refractivity (Wildman–Crippen MR) is 75.6 cm³/mol. The fourth-order valence-corrected chi connectivity index (χ4v) is 2.03. The Kier molecular flexibility index (Phi) is 7.50. The molecule has 0 aliphatic heterocycles. The summed E-state index contributed by atoms with van der Waals surface area (Å²) in [5.74, 6) is 0. The number of methoxy groups -OCH3 is 1. The van der Waals surface area contributed by atoms with Crippen molar-refractivity contribution in [2.75, 3.05) is 33.4 Å². The average molecular weight is 355 g/mol. The van der Waals surface area contributed by atoms with Gasteiger partial charge in [-0.15, -0.1) is 0 Å². The van der Waals surface area contributed by atoms with Crippen molar-refractivity contribution in [3.05, 3.63) is 33.8 Å². The highest BCUT2D eigenvalue weighted by Crippen LogP contribution is 2.33. The van der Waals surface area contributed by atoms with Gasteiger partial charge in [0.2, 0.25) is 0 Å². The molecule has 0 aliphatic carbocycles. The van der Waals surface area contributed by atoms with Crippen molar-refractivity contribution in [3.8, 4) is 0 Å². The third kappa shape index (κ3) is 6.21. The van der Waals surface area contributed by atoms with Gasteiger partial charge in [0.05, 0.1) is 12.2 Å². The molecule has 1 rings (SSSR count). The molecule has 0 aliphatic rings. The van der Waals surface area contributed by atoms with E-state index in [-0.39, 0.29) is 12.1 Å². The first-order chi connectivity index (χ1) is 9.45. The van der Waals surface area contributed by atoms with Crippen molar-refractivity contribution < 1.29 is 17.9 Å². The van der Waals surface area contributed by atoms with Crippen molar-refractivity contribution in [1.29, 1.82) is 0 Å². The molecule has 20 heavy (non-hydrogen) atoms. The van der Waals surface area contributed by atoms with Crippen LogP contribution in [0.4, 0.5) is 13.2 Å². The molecule has 114 valence electrons. The fourth-order valence-electron chi connectivity index (χ4n) is 1.67. The first kappa shape index (κ1) is 17.4. The second-order valence-electron chi connectivity index (χ2n) is 4.22. The first-order valence-corrected chi connectivity index (χ1v) is 7.00. The van der Waals surface area contributed by atoms with E-state index in [1.807, 2.05) is 0 Å². The molecular formula is C13H18BrF3N2O. The van der Waals surface area contributed by atoms with Crippen LogP contribution in [0.2, 0.25) is 0 Å². The Morgan fingerprint density at radius 1 is 1.15 bits per heavy atom. The molecule has 1 aromatic rings. The number of benzene rings is 1. The van der Waals surface area contributed by atoms with E-state index in [1.165, 1.54) is 6.07 Å². The molecule has 0 atom stereocenters. The quantitative estimate of drug-likeness (QED) is 0.704. The molecule has 0 bridgehead atoms. The lowest BCUT2D eigenvalue weighted by molar-refractivity contribution is -0.138. The number of hydrogen-bond donors (Lipinski definition) is 2. The molecule has 1 aromatic carbocycles. The molecule has 0 amide bonds. The zero-order valence-corrected chi connectivity index (χ0v) is 12.8. The van der Waals surface area contributed by atoms with Gasteiger partial charge in [0.25, 0.3) is 0 Å². The minimum atomic E-state index is -4.34. The minimum Gasteiger partial charge on any atom is -0.383 e. The predicted octanol–water partition coefficient (Wildman–Crippen LogP) is 2.79. The highest BCUT2D eigenvalue weighted by atomic mass is 79.9. The van der Waals surface area contributed by atoms with Crippen LogP contribution >= 0.6 is 15.9 Å². The Morgan fingerprint density at radius 2 is 1.85 bits per heavy atom. The van der Waals surface area contributed by atoms with Crippen LogP contribution < -0.4 is 10.6 Å². The Labute approximate surface area is 125 Å². The Morgan fingerprint density at radius 3 is 2.50 bits per heavy atom. The topological polar surface area (TPSA) is 33.3 Å². The van der Waals surface area contributed by atoms with Gasteiger partial charge >= 0.3 is 6.18 Å². The van der Waals surface area contributed by atoms with E-state index in [4.69, 9.17) is 4.74 Å². The van der Waals surface area contributed by atoms with Gasteiger partial charge in [0.15, 0.2) is 0 Å². The van der Waals surface area contributed by atoms with Gasteiger partial charge in [-0.1, -0.05) is 22.0 Å². The Bertz CT molecular complexity index is 413. The molecular weight excluding hydrogens is 337 g/mol. The summed E-state index contributed by atoms with van der Waals surface area (Å²) in [6.07, 6.45) is -4.34. The third-order valence-electron chi connectivity index (χ3n) is 2.65. The van der Waals surface area contributed by atoms with Gasteiger partial charge < -0.3 is 15.4 Å². The molecule has 0 saturated carbocycles. The van der Waals surface area contributed by atoms with Crippen molar-refractivity contribution in [3.63, 3.8) is 0 Å².